The van der Waals surface area contributed by atoms with Crippen molar-refractivity contribution in [1.29, 1.82) is 0 Å². The molecule has 0 radical (unpaired) electrons. The third-order valence-corrected chi connectivity index (χ3v) is 8.86. The molecule has 1 aliphatic rings. The van der Waals surface area contributed by atoms with E-state index in [1.54, 1.807) is 6.92 Å². The largest absolute Gasteiger partial charge is 0.486 e. The van der Waals surface area contributed by atoms with E-state index >= 15 is 0 Å². The van der Waals surface area contributed by atoms with E-state index in [0.717, 1.165) is 40.4 Å². The average Bonchev–Trinajstić information content (AvgIpc) is 2.99. The summed E-state index contributed by atoms with van der Waals surface area (Å²) in [5, 5.41) is 2.86. The Balaban J connectivity index is 1.70. The van der Waals surface area contributed by atoms with E-state index < -0.39 is 34.3 Å². The van der Waals surface area contributed by atoms with Gasteiger partial charge in [-0.25, -0.2) is 12.8 Å². The van der Waals surface area contributed by atoms with Crippen molar-refractivity contribution >= 4 is 27.5 Å². The van der Waals surface area contributed by atoms with Gasteiger partial charge in [0.15, 0.2) is 11.5 Å². The van der Waals surface area contributed by atoms with E-state index in [2.05, 4.69) is 5.32 Å². The highest BCUT2D eigenvalue weighted by atomic mass is 32.2. The van der Waals surface area contributed by atoms with Crippen molar-refractivity contribution in [3.8, 4) is 11.5 Å². The number of benzene rings is 3. The number of sulfonamides is 1. The number of rotatable bonds is 12. The standard InChI is InChI=1S/C31H36FN3O6S/c1-4-5-16-33-31(37)23(3)34(20-24-9-7-6-8-22(24)2)30(36)21-35(26-12-10-25(32)11-13-26)42(38,39)27-14-15-28-29(19-27)41-18-17-40-28/h6-15,19,23H,4-5,16-18,20-21H2,1-3H3,(H,33,37). The van der Waals surface area contributed by atoms with Crippen LogP contribution in [-0.2, 0) is 26.2 Å². The molecule has 0 fully saturated rings. The molecule has 0 aromatic heterocycles. The smallest absolute Gasteiger partial charge is 0.264 e. The lowest BCUT2D eigenvalue weighted by molar-refractivity contribution is -0.139. The van der Waals surface area contributed by atoms with Gasteiger partial charge in [0, 0.05) is 19.2 Å². The summed E-state index contributed by atoms with van der Waals surface area (Å²) in [7, 11) is -4.35. The van der Waals surface area contributed by atoms with Gasteiger partial charge in [-0.15, -0.1) is 0 Å². The quantitative estimate of drug-likeness (QED) is 0.310. The summed E-state index contributed by atoms with van der Waals surface area (Å²) in [6, 6.07) is 15.7. The van der Waals surface area contributed by atoms with Crippen LogP contribution in [-0.4, -0.2) is 57.5 Å². The molecule has 3 aromatic rings. The van der Waals surface area contributed by atoms with Gasteiger partial charge < -0.3 is 19.7 Å². The Morgan fingerprint density at radius 1 is 1.00 bits per heavy atom. The van der Waals surface area contributed by atoms with Crippen LogP contribution in [0.15, 0.2) is 71.6 Å². The van der Waals surface area contributed by atoms with Gasteiger partial charge in [-0.3, -0.25) is 13.9 Å². The highest BCUT2D eigenvalue weighted by Gasteiger charge is 2.33. The van der Waals surface area contributed by atoms with Gasteiger partial charge in [0.05, 0.1) is 10.6 Å². The van der Waals surface area contributed by atoms with E-state index in [4.69, 9.17) is 9.47 Å². The van der Waals surface area contributed by atoms with E-state index in [9.17, 15) is 22.4 Å². The molecule has 9 nitrogen and oxygen atoms in total. The van der Waals surface area contributed by atoms with Crippen molar-refractivity contribution in [1.82, 2.24) is 10.2 Å². The van der Waals surface area contributed by atoms with Crippen LogP contribution in [0.25, 0.3) is 0 Å². The van der Waals surface area contributed by atoms with E-state index in [1.165, 1.54) is 35.2 Å². The fraction of sp³-hybridized carbons (Fsp3) is 0.355. The number of nitrogens with one attached hydrogen (secondary N) is 1. The molecule has 224 valence electrons. The second-order valence-corrected chi connectivity index (χ2v) is 11.9. The lowest BCUT2D eigenvalue weighted by atomic mass is 10.1. The molecule has 0 spiro atoms. The number of carbonyl (C=O) groups excluding carboxylic acids is 2. The molecule has 0 saturated heterocycles. The fourth-order valence-electron chi connectivity index (χ4n) is 4.54. The maximum atomic E-state index is 14.0. The summed E-state index contributed by atoms with van der Waals surface area (Å²) in [6.45, 7) is 6.08. The molecule has 2 amide bonds. The van der Waals surface area contributed by atoms with Crippen LogP contribution in [0.3, 0.4) is 0 Å². The topological polar surface area (TPSA) is 105 Å². The van der Waals surface area contributed by atoms with Gasteiger partial charge in [-0.1, -0.05) is 37.6 Å². The number of halogens is 1. The lowest BCUT2D eigenvalue weighted by Crippen LogP contribution is -2.51. The van der Waals surface area contributed by atoms with E-state index in [0.29, 0.717) is 18.9 Å². The summed E-state index contributed by atoms with van der Waals surface area (Å²) in [5.74, 6) is -0.807. The molecule has 0 saturated carbocycles. The lowest BCUT2D eigenvalue weighted by Gasteiger charge is -2.32. The first-order valence-electron chi connectivity index (χ1n) is 13.9. The number of carbonyl (C=O) groups is 2. The third-order valence-electron chi connectivity index (χ3n) is 7.09. The minimum atomic E-state index is -4.35. The molecule has 1 heterocycles. The number of unbranched alkanes of at least 4 members (excludes halogenated alkanes) is 1. The second-order valence-electron chi connectivity index (χ2n) is 10.1. The second kappa shape index (κ2) is 13.7. The zero-order valence-corrected chi connectivity index (χ0v) is 24.8. The van der Waals surface area contributed by atoms with Crippen LogP contribution in [0.4, 0.5) is 10.1 Å². The number of fused-ring (bicyclic) bond motifs is 1. The number of ether oxygens (including phenoxy) is 2. The molecule has 11 heteroatoms. The first-order valence-corrected chi connectivity index (χ1v) is 15.4. The number of anilines is 1. The SMILES string of the molecule is CCCCNC(=O)C(C)N(Cc1ccccc1C)C(=O)CN(c1ccc(F)cc1)S(=O)(=O)c1ccc2c(c1)OCCO2. The summed E-state index contributed by atoms with van der Waals surface area (Å²) < 4.78 is 53.9. The van der Waals surface area contributed by atoms with Gasteiger partial charge in [-0.05, 0) is 67.8 Å². The highest BCUT2D eigenvalue weighted by Crippen LogP contribution is 2.34. The Bertz CT molecular complexity index is 1510. The Morgan fingerprint density at radius 2 is 1.69 bits per heavy atom. The van der Waals surface area contributed by atoms with Crippen molar-refractivity contribution in [3.63, 3.8) is 0 Å². The minimum absolute atomic E-state index is 0.0925. The number of hydrogen-bond donors (Lipinski definition) is 1. The molecule has 0 aliphatic carbocycles. The predicted octanol–water partition coefficient (Wildman–Crippen LogP) is 4.43. The first-order chi connectivity index (χ1) is 20.1. The number of amides is 2. The monoisotopic (exact) mass is 597 g/mol. The van der Waals surface area contributed by atoms with Crippen molar-refractivity contribution in [2.75, 3.05) is 30.6 Å². The van der Waals surface area contributed by atoms with Crippen LogP contribution in [0, 0.1) is 12.7 Å². The van der Waals surface area contributed by atoms with E-state index in [-0.39, 0.29) is 35.4 Å². The first kappa shape index (κ1) is 30.8. The highest BCUT2D eigenvalue weighted by molar-refractivity contribution is 7.92. The number of hydrogen-bond acceptors (Lipinski definition) is 6. The Morgan fingerprint density at radius 3 is 2.38 bits per heavy atom. The van der Waals surface area contributed by atoms with Crippen molar-refractivity contribution < 1.29 is 31.9 Å². The number of aryl methyl sites for hydroxylation is 1. The van der Waals surface area contributed by atoms with Crippen LogP contribution in [0.5, 0.6) is 11.5 Å². The van der Waals surface area contributed by atoms with Crippen molar-refractivity contribution in [3.05, 3.63) is 83.7 Å². The predicted molar refractivity (Wildman–Crippen MR) is 157 cm³/mol. The van der Waals surface area contributed by atoms with Crippen LogP contribution in [0.2, 0.25) is 0 Å². The Hall–Kier alpha value is -4.12. The van der Waals surface area contributed by atoms with Gasteiger partial charge in [0.25, 0.3) is 10.0 Å². The molecule has 1 atom stereocenters. The molecule has 1 unspecified atom stereocenters. The summed E-state index contributed by atoms with van der Waals surface area (Å²) in [6.07, 6.45) is 1.68. The maximum absolute atomic E-state index is 14.0. The Kier molecular flexibility index (Phi) is 10.1. The maximum Gasteiger partial charge on any atom is 0.264 e. The molecule has 0 bridgehead atoms. The van der Waals surface area contributed by atoms with Gasteiger partial charge in [-0.2, -0.15) is 0 Å². The number of nitrogens with zero attached hydrogens (tertiary/aromatic N) is 2. The third kappa shape index (κ3) is 7.20. The van der Waals surface area contributed by atoms with E-state index in [1.807, 2.05) is 38.1 Å². The van der Waals surface area contributed by atoms with Crippen LogP contribution < -0.4 is 19.1 Å². The van der Waals surface area contributed by atoms with Crippen LogP contribution in [0.1, 0.15) is 37.8 Å². The van der Waals surface area contributed by atoms with Gasteiger partial charge >= 0.3 is 0 Å². The average molecular weight is 598 g/mol. The summed E-state index contributed by atoms with van der Waals surface area (Å²) in [4.78, 5) is 28.3. The fourth-order valence-corrected chi connectivity index (χ4v) is 5.97. The van der Waals surface area contributed by atoms with Gasteiger partial charge in [0.2, 0.25) is 11.8 Å². The molecule has 3 aromatic carbocycles. The zero-order valence-electron chi connectivity index (χ0n) is 24.0. The molecule has 42 heavy (non-hydrogen) atoms. The summed E-state index contributed by atoms with van der Waals surface area (Å²) >= 11 is 0. The minimum Gasteiger partial charge on any atom is -0.486 e. The summed E-state index contributed by atoms with van der Waals surface area (Å²) in [5.41, 5.74) is 1.84. The van der Waals surface area contributed by atoms with Crippen molar-refractivity contribution in [2.45, 2.75) is 51.1 Å². The normalized spacial score (nSPS) is 13.2. The molecular weight excluding hydrogens is 561 g/mol. The molecule has 1 N–H and O–H groups in total. The van der Waals surface area contributed by atoms with Crippen molar-refractivity contribution in [2.24, 2.45) is 0 Å². The molecular formula is C31H36FN3O6S. The zero-order chi connectivity index (χ0) is 30.3. The molecule has 1 aliphatic heterocycles. The van der Waals surface area contributed by atoms with Crippen LogP contribution >= 0.6 is 0 Å². The molecule has 4 rings (SSSR count). The Labute approximate surface area is 246 Å². The van der Waals surface area contributed by atoms with Gasteiger partial charge in [0.1, 0.15) is 31.6 Å².